The summed E-state index contributed by atoms with van der Waals surface area (Å²) < 4.78 is 6.90. The summed E-state index contributed by atoms with van der Waals surface area (Å²) in [4.78, 5) is 20.7. The van der Waals surface area contributed by atoms with Crippen molar-refractivity contribution in [3.8, 4) is 11.5 Å². The Hall–Kier alpha value is -2.96. The lowest BCUT2D eigenvalue weighted by atomic mass is 10.2. The maximum Gasteiger partial charge on any atom is 0.269 e. The molecule has 0 bridgehead atoms. The molecule has 0 saturated heterocycles. The van der Waals surface area contributed by atoms with Crippen molar-refractivity contribution >= 4 is 5.91 Å². The Morgan fingerprint density at radius 3 is 2.86 bits per heavy atom. The number of hydrogen-bond donors (Lipinski definition) is 1. The maximum absolute atomic E-state index is 12.2. The number of carbonyl (C=O) groups excluding carboxylic acids is 1. The van der Waals surface area contributed by atoms with Crippen LogP contribution in [0.25, 0.3) is 11.5 Å². The molecule has 1 amide bonds. The molecule has 0 aliphatic rings. The molecule has 7 heteroatoms. The second-order valence-corrected chi connectivity index (χ2v) is 4.81. The summed E-state index contributed by atoms with van der Waals surface area (Å²) in [6.07, 6.45) is 4.75. The summed E-state index contributed by atoms with van der Waals surface area (Å²) in [7, 11) is 1.73. The molecule has 1 N–H and O–H groups in total. The van der Waals surface area contributed by atoms with Crippen LogP contribution in [0.2, 0.25) is 0 Å². The van der Waals surface area contributed by atoms with E-state index in [1.807, 2.05) is 6.92 Å². The summed E-state index contributed by atoms with van der Waals surface area (Å²) in [6, 6.07) is 5.32. The zero-order valence-corrected chi connectivity index (χ0v) is 12.3. The van der Waals surface area contributed by atoms with E-state index in [-0.39, 0.29) is 12.5 Å². The number of aryl methyl sites for hydroxylation is 2. The average molecular weight is 297 g/mol. The second-order valence-electron chi connectivity index (χ2n) is 4.81. The van der Waals surface area contributed by atoms with Crippen LogP contribution in [-0.2, 0) is 13.6 Å². The molecule has 0 spiro atoms. The van der Waals surface area contributed by atoms with Gasteiger partial charge < -0.3 is 9.73 Å². The molecule has 0 fully saturated rings. The highest BCUT2D eigenvalue weighted by molar-refractivity contribution is 5.92. The number of carbonyl (C=O) groups is 1. The Kier molecular flexibility index (Phi) is 3.69. The molecule has 0 saturated carbocycles. The molecule has 0 unspecified atom stereocenters. The molecule has 3 heterocycles. The Labute approximate surface area is 127 Å². The molecule has 0 atom stereocenters. The van der Waals surface area contributed by atoms with E-state index < -0.39 is 0 Å². The van der Waals surface area contributed by atoms with Gasteiger partial charge in [-0.15, -0.1) is 0 Å². The van der Waals surface area contributed by atoms with Crippen LogP contribution in [0.15, 0.2) is 41.3 Å². The van der Waals surface area contributed by atoms with E-state index in [0.29, 0.717) is 22.8 Å². The van der Waals surface area contributed by atoms with Crippen LogP contribution < -0.4 is 5.32 Å². The first-order valence-corrected chi connectivity index (χ1v) is 6.78. The molecule has 3 aromatic rings. The minimum Gasteiger partial charge on any atom is -0.463 e. The number of nitrogens with one attached hydrogen (secondary N) is 1. The largest absolute Gasteiger partial charge is 0.463 e. The van der Waals surface area contributed by atoms with Crippen molar-refractivity contribution in [2.45, 2.75) is 13.5 Å². The van der Waals surface area contributed by atoms with Gasteiger partial charge in [-0.3, -0.25) is 14.5 Å². The van der Waals surface area contributed by atoms with Gasteiger partial charge in [0.25, 0.3) is 5.91 Å². The average Bonchev–Trinajstić information content (AvgIpc) is 3.15. The van der Waals surface area contributed by atoms with Crippen LogP contribution in [-0.4, -0.2) is 25.7 Å². The van der Waals surface area contributed by atoms with E-state index >= 15 is 0 Å². The van der Waals surface area contributed by atoms with E-state index in [2.05, 4.69) is 20.4 Å². The van der Waals surface area contributed by atoms with Crippen molar-refractivity contribution in [1.82, 2.24) is 25.1 Å². The topological polar surface area (TPSA) is 85.8 Å². The van der Waals surface area contributed by atoms with Crippen LogP contribution in [0.1, 0.15) is 21.9 Å². The van der Waals surface area contributed by atoms with Gasteiger partial charge in [-0.25, -0.2) is 4.98 Å². The van der Waals surface area contributed by atoms with Crippen LogP contribution >= 0.6 is 0 Å². The van der Waals surface area contributed by atoms with Crippen molar-refractivity contribution in [3.05, 3.63) is 53.9 Å². The van der Waals surface area contributed by atoms with Crippen molar-refractivity contribution in [1.29, 1.82) is 0 Å². The monoisotopic (exact) mass is 297 g/mol. The Morgan fingerprint density at radius 1 is 1.36 bits per heavy atom. The van der Waals surface area contributed by atoms with Gasteiger partial charge in [-0.2, -0.15) is 5.10 Å². The van der Waals surface area contributed by atoms with E-state index in [0.717, 1.165) is 5.69 Å². The molecule has 22 heavy (non-hydrogen) atoms. The molecule has 7 nitrogen and oxygen atoms in total. The van der Waals surface area contributed by atoms with Crippen molar-refractivity contribution in [2.75, 3.05) is 0 Å². The van der Waals surface area contributed by atoms with Gasteiger partial charge in [-0.1, -0.05) is 0 Å². The molecule has 0 aliphatic heterocycles. The fraction of sp³-hybridized carbons (Fsp3) is 0.200. The summed E-state index contributed by atoms with van der Waals surface area (Å²) in [5, 5.41) is 6.99. The number of furan rings is 1. The predicted molar refractivity (Wildman–Crippen MR) is 78.8 cm³/mol. The van der Waals surface area contributed by atoms with Crippen LogP contribution in [0, 0.1) is 6.92 Å². The van der Waals surface area contributed by atoms with Gasteiger partial charge >= 0.3 is 0 Å². The highest BCUT2D eigenvalue weighted by atomic mass is 16.3. The van der Waals surface area contributed by atoms with Gasteiger partial charge in [0.2, 0.25) is 0 Å². The zero-order chi connectivity index (χ0) is 15.5. The molecule has 0 aliphatic carbocycles. The Bertz CT molecular complexity index is 792. The standard InChI is InChI=1S/C15H15N5O2/c1-10-8-12(20(2)19-10)15(21)18-9-11-14(17-6-5-16-11)13-4-3-7-22-13/h3-8H,9H2,1-2H3,(H,18,21). The van der Waals surface area contributed by atoms with E-state index in [1.54, 1.807) is 48.6 Å². The molecule has 0 aromatic carbocycles. The molecular formula is C15H15N5O2. The summed E-state index contributed by atoms with van der Waals surface area (Å²) in [5.74, 6) is 0.410. The minimum atomic E-state index is -0.209. The second kappa shape index (κ2) is 5.80. The van der Waals surface area contributed by atoms with Crippen molar-refractivity contribution < 1.29 is 9.21 Å². The third kappa shape index (κ3) is 2.73. The van der Waals surface area contributed by atoms with E-state index in [4.69, 9.17) is 4.42 Å². The third-order valence-corrected chi connectivity index (χ3v) is 3.18. The first-order valence-electron chi connectivity index (χ1n) is 6.78. The van der Waals surface area contributed by atoms with E-state index in [1.165, 1.54) is 0 Å². The molecule has 3 rings (SSSR count). The molecule has 112 valence electrons. The maximum atomic E-state index is 12.2. The van der Waals surface area contributed by atoms with E-state index in [9.17, 15) is 4.79 Å². The Balaban J connectivity index is 1.77. The van der Waals surface area contributed by atoms with Gasteiger partial charge in [0.05, 0.1) is 24.2 Å². The highest BCUT2D eigenvalue weighted by Crippen LogP contribution is 2.19. The smallest absolute Gasteiger partial charge is 0.269 e. The number of aromatic nitrogens is 4. The Morgan fingerprint density at radius 2 is 2.18 bits per heavy atom. The normalized spacial score (nSPS) is 10.6. The van der Waals surface area contributed by atoms with Gasteiger partial charge in [0.15, 0.2) is 5.76 Å². The summed E-state index contributed by atoms with van der Waals surface area (Å²) in [6.45, 7) is 2.10. The lowest BCUT2D eigenvalue weighted by Gasteiger charge is -2.07. The van der Waals surface area contributed by atoms with Crippen LogP contribution in [0.5, 0.6) is 0 Å². The first-order chi connectivity index (χ1) is 10.6. The molecular weight excluding hydrogens is 282 g/mol. The van der Waals surface area contributed by atoms with Gasteiger partial charge in [0.1, 0.15) is 11.4 Å². The fourth-order valence-electron chi connectivity index (χ4n) is 2.19. The lowest BCUT2D eigenvalue weighted by molar-refractivity contribution is 0.0941. The number of rotatable bonds is 4. The lowest BCUT2D eigenvalue weighted by Crippen LogP contribution is -2.26. The summed E-state index contributed by atoms with van der Waals surface area (Å²) >= 11 is 0. The number of hydrogen-bond acceptors (Lipinski definition) is 5. The molecule has 3 aromatic heterocycles. The minimum absolute atomic E-state index is 0.209. The van der Waals surface area contributed by atoms with Crippen molar-refractivity contribution in [2.24, 2.45) is 7.05 Å². The van der Waals surface area contributed by atoms with Gasteiger partial charge in [-0.05, 0) is 25.1 Å². The number of nitrogens with zero attached hydrogens (tertiary/aromatic N) is 4. The first kappa shape index (κ1) is 14.0. The quantitative estimate of drug-likeness (QED) is 0.792. The van der Waals surface area contributed by atoms with Crippen molar-refractivity contribution in [3.63, 3.8) is 0 Å². The number of amides is 1. The SMILES string of the molecule is Cc1cc(C(=O)NCc2nccnc2-c2ccco2)n(C)n1. The predicted octanol–water partition coefficient (Wildman–Crippen LogP) is 1.71. The van der Waals surface area contributed by atoms with Gasteiger partial charge in [0, 0.05) is 19.4 Å². The highest BCUT2D eigenvalue weighted by Gasteiger charge is 2.14. The fourth-order valence-corrected chi connectivity index (χ4v) is 2.19. The summed E-state index contributed by atoms with van der Waals surface area (Å²) in [5.41, 5.74) is 2.56. The van der Waals surface area contributed by atoms with Crippen LogP contribution in [0.4, 0.5) is 0 Å². The molecule has 0 radical (unpaired) electrons. The zero-order valence-electron chi connectivity index (χ0n) is 12.3. The third-order valence-electron chi connectivity index (χ3n) is 3.18. The van der Waals surface area contributed by atoms with Crippen LogP contribution in [0.3, 0.4) is 0 Å².